The molecule has 1 heterocycles. The number of ether oxygens (including phenoxy) is 3. The molecule has 1 saturated heterocycles. The van der Waals surface area contributed by atoms with Crippen molar-refractivity contribution >= 4 is 11.6 Å². The van der Waals surface area contributed by atoms with Crippen molar-refractivity contribution in [1.29, 1.82) is 0 Å². The van der Waals surface area contributed by atoms with E-state index in [9.17, 15) is 0 Å². The third-order valence-electron chi connectivity index (χ3n) is 4.61. The zero-order valence-electron chi connectivity index (χ0n) is 15.2. The smallest absolute Gasteiger partial charge is 0.138 e. The van der Waals surface area contributed by atoms with E-state index in [-0.39, 0.29) is 0 Å². The number of rotatable bonds is 8. The summed E-state index contributed by atoms with van der Waals surface area (Å²) in [6.45, 7) is 5.34. The molecule has 1 fully saturated rings. The molecule has 5 heteroatoms. The first-order valence-corrected chi connectivity index (χ1v) is 9.47. The van der Waals surface area contributed by atoms with Crippen molar-refractivity contribution in [1.82, 2.24) is 4.90 Å². The zero-order valence-corrected chi connectivity index (χ0v) is 16.0. The van der Waals surface area contributed by atoms with Crippen LogP contribution < -0.4 is 9.47 Å². The Balaban J connectivity index is 1.57. The molecule has 3 rings (SSSR count). The fourth-order valence-electron chi connectivity index (χ4n) is 3.15. The second kappa shape index (κ2) is 9.81. The van der Waals surface area contributed by atoms with Gasteiger partial charge in [0, 0.05) is 18.7 Å². The Morgan fingerprint density at radius 2 is 1.88 bits per heavy atom. The van der Waals surface area contributed by atoms with Crippen LogP contribution in [0, 0.1) is 0 Å². The number of halogens is 1. The second-order valence-corrected chi connectivity index (χ2v) is 6.83. The molecule has 2 aromatic carbocycles. The summed E-state index contributed by atoms with van der Waals surface area (Å²) in [5, 5.41) is 0.619. The summed E-state index contributed by atoms with van der Waals surface area (Å²) in [6.07, 6.45) is 2.18. The molecule has 0 aliphatic carbocycles. The summed E-state index contributed by atoms with van der Waals surface area (Å²) in [5.41, 5.74) is 2.34. The fourth-order valence-corrected chi connectivity index (χ4v) is 3.34. The average molecular weight is 376 g/mol. The molecule has 0 aromatic heterocycles. The molecule has 2 aromatic rings. The average Bonchev–Trinajstić information content (AvgIpc) is 2.68. The summed E-state index contributed by atoms with van der Waals surface area (Å²) in [5.74, 6) is 1.53. The SMILES string of the molecule is COc1ccc(CCCN2CCOCC2)cc1COc1ccccc1Cl. The quantitative estimate of drug-likeness (QED) is 0.692. The zero-order chi connectivity index (χ0) is 18.2. The molecule has 0 amide bonds. The molecule has 140 valence electrons. The number of nitrogens with zero attached hydrogens (tertiary/aromatic N) is 1. The Morgan fingerprint density at radius 3 is 2.65 bits per heavy atom. The van der Waals surface area contributed by atoms with Crippen molar-refractivity contribution in [2.45, 2.75) is 19.4 Å². The van der Waals surface area contributed by atoms with Crippen molar-refractivity contribution in [3.8, 4) is 11.5 Å². The lowest BCUT2D eigenvalue weighted by Crippen LogP contribution is -2.36. The van der Waals surface area contributed by atoms with E-state index in [1.165, 1.54) is 5.56 Å². The number of hydrogen-bond donors (Lipinski definition) is 0. The fraction of sp³-hybridized carbons (Fsp3) is 0.429. The van der Waals surface area contributed by atoms with Gasteiger partial charge in [-0.25, -0.2) is 0 Å². The highest BCUT2D eigenvalue weighted by molar-refractivity contribution is 6.32. The predicted molar refractivity (Wildman–Crippen MR) is 104 cm³/mol. The molecule has 0 unspecified atom stereocenters. The Hall–Kier alpha value is -1.75. The molecule has 0 saturated carbocycles. The van der Waals surface area contributed by atoms with Crippen LogP contribution in [0.4, 0.5) is 0 Å². The summed E-state index contributed by atoms with van der Waals surface area (Å²) in [6, 6.07) is 13.9. The van der Waals surface area contributed by atoms with Gasteiger partial charge in [0.15, 0.2) is 0 Å². The number of methoxy groups -OCH3 is 1. The third kappa shape index (κ3) is 5.37. The van der Waals surface area contributed by atoms with Gasteiger partial charge < -0.3 is 14.2 Å². The van der Waals surface area contributed by atoms with Crippen LogP contribution in [-0.2, 0) is 17.8 Å². The van der Waals surface area contributed by atoms with Crippen LogP contribution in [0.2, 0.25) is 5.02 Å². The van der Waals surface area contributed by atoms with Gasteiger partial charge in [-0.3, -0.25) is 4.90 Å². The maximum atomic E-state index is 6.17. The van der Waals surface area contributed by atoms with E-state index >= 15 is 0 Å². The molecular formula is C21H26ClNO3. The van der Waals surface area contributed by atoms with Crippen molar-refractivity contribution in [2.75, 3.05) is 40.0 Å². The highest BCUT2D eigenvalue weighted by atomic mass is 35.5. The lowest BCUT2D eigenvalue weighted by atomic mass is 10.1. The van der Waals surface area contributed by atoms with E-state index in [1.54, 1.807) is 7.11 Å². The second-order valence-electron chi connectivity index (χ2n) is 6.42. The predicted octanol–water partition coefficient (Wildman–Crippen LogP) is 4.19. The van der Waals surface area contributed by atoms with Gasteiger partial charge in [-0.2, -0.15) is 0 Å². The van der Waals surface area contributed by atoms with Gasteiger partial charge >= 0.3 is 0 Å². The normalized spacial score (nSPS) is 15.0. The third-order valence-corrected chi connectivity index (χ3v) is 4.92. The lowest BCUT2D eigenvalue weighted by molar-refractivity contribution is 0.0374. The Labute approximate surface area is 160 Å². The van der Waals surface area contributed by atoms with Crippen LogP contribution in [-0.4, -0.2) is 44.9 Å². The van der Waals surface area contributed by atoms with Gasteiger partial charge in [-0.15, -0.1) is 0 Å². The Bertz CT molecular complexity index is 701. The van der Waals surface area contributed by atoms with Gasteiger partial charge in [0.1, 0.15) is 18.1 Å². The topological polar surface area (TPSA) is 30.9 Å². The van der Waals surface area contributed by atoms with Gasteiger partial charge in [0.2, 0.25) is 0 Å². The molecule has 0 atom stereocenters. The molecule has 1 aliphatic rings. The van der Waals surface area contributed by atoms with E-state index in [0.29, 0.717) is 17.4 Å². The lowest BCUT2D eigenvalue weighted by Gasteiger charge is -2.26. The van der Waals surface area contributed by atoms with Crippen LogP contribution in [0.3, 0.4) is 0 Å². The summed E-state index contributed by atoms with van der Waals surface area (Å²) in [7, 11) is 1.69. The first-order chi connectivity index (χ1) is 12.8. The standard InChI is InChI=1S/C21H26ClNO3/c1-24-20-9-8-17(5-4-10-23-11-13-25-14-12-23)15-18(20)16-26-21-7-3-2-6-19(21)22/h2-3,6-9,15H,4-5,10-14,16H2,1H3. The maximum absolute atomic E-state index is 6.17. The number of benzene rings is 2. The van der Waals surface area contributed by atoms with Gasteiger partial charge in [-0.05, 0) is 49.2 Å². The first-order valence-electron chi connectivity index (χ1n) is 9.09. The van der Waals surface area contributed by atoms with Crippen LogP contribution in [0.25, 0.3) is 0 Å². The Kier molecular flexibility index (Phi) is 7.18. The van der Waals surface area contributed by atoms with Crippen LogP contribution in [0.15, 0.2) is 42.5 Å². The van der Waals surface area contributed by atoms with Gasteiger partial charge in [0.05, 0.1) is 25.3 Å². The largest absolute Gasteiger partial charge is 0.496 e. The molecule has 1 aliphatic heterocycles. The maximum Gasteiger partial charge on any atom is 0.138 e. The summed E-state index contributed by atoms with van der Waals surface area (Å²) < 4.78 is 16.8. The van der Waals surface area contributed by atoms with Crippen molar-refractivity contribution in [3.63, 3.8) is 0 Å². The molecule has 0 spiro atoms. The minimum atomic E-state index is 0.435. The van der Waals surface area contributed by atoms with Crippen LogP contribution >= 0.6 is 11.6 Å². The number of hydrogen-bond acceptors (Lipinski definition) is 4. The van der Waals surface area contributed by atoms with E-state index < -0.39 is 0 Å². The number of morpholine rings is 1. The summed E-state index contributed by atoms with van der Waals surface area (Å²) >= 11 is 6.17. The number of aryl methyl sites for hydroxylation is 1. The van der Waals surface area contributed by atoms with Gasteiger partial charge in [0.25, 0.3) is 0 Å². The van der Waals surface area contributed by atoms with E-state index in [1.807, 2.05) is 30.3 Å². The van der Waals surface area contributed by atoms with E-state index in [4.69, 9.17) is 25.8 Å². The minimum absolute atomic E-state index is 0.435. The molecule has 0 bridgehead atoms. The van der Waals surface area contributed by atoms with E-state index in [2.05, 4.69) is 17.0 Å². The molecule has 0 N–H and O–H groups in total. The first kappa shape index (κ1) is 19.0. The van der Waals surface area contributed by atoms with Crippen molar-refractivity contribution in [2.24, 2.45) is 0 Å². The monoisotopic (exact) mass is 375 g/mol. The Morgan fingerprint density at radius 1 is 1.08 bits per heavy atom. The van der Waals surface area contributed by atoms with Crippen molar-refractivity contribution < 1.29 is 14.2 Å². The highest BCUT2D eigenvalue weighted by Gasteiger charge is 2.11. The molecule has 0 radical (unpaired) electrons. The molecule has 4 nitrogen and oxygen atoms in total. The molecule has 26 heavy (non-hydrogen) atoms. The van der Waals surface area contributed by atoms with Gasteiger partial charge in [-0.1, -0.05) is 29.8 Å². The highest BCUT2D eigenvalue weighted by Crippen LogP contribution is 2.27. The van der Waals surface area contributed by atoms with Crippen molar-refractivity contribution in [3.05, 3.63) is 58.6 Å². The van der Waals surface area contributed by atoms with Crippen LogP contribution in [0.5, 0.6) is 11.5 Å². The van der Waals surface area contributed by atoms with E-state index in [0.717, 1.165) is 57.0 Å². The van der Waals surface area contributed by atoms with Crippen LogP contribution in [0.1, 0.15) is 17.5 Å². The number of para-hydroxylation sites is 1. The summed E-state index contributed by atoms with van der Waals surface area (Å²) in [4.78, 5) is 2.47. The molecular weight excluding hydrogens is 350 g/mol. The minimum Gasteiger partial charge on any atom is -0.496 e.